The van der Waals surface area contributed by atoms with Crippen LogP contribution in [0.15, 0.2) is 47.3 Å². The Labute approximate surface area is 183 Å². The van der Waals surface area contributed by atoms with Crippen molar-refractivity contribution < 1.29 is 14.3 Å². The molecule has 160 valence electrons. The van der Waals surface area contributed by atoms with Crippen molar-refractivity contribution in [3.63, 3.8) is 0 Å². The maximum atomic E-state index is 12.2. The van der Waals surface area contributed by atoms with Crippen LogP contribution in [0.4, 0.5) is 11.5 Å². The fraction of sp³-hybridized carbons (Fsp3) is 0.130. The van der Waals surface area contributed by atoms with Crippen molar-refractivity contribution in [2.75, 3.05) is 24.8 Å². The molecule has 3 rings (SSSR count). The second-order valence-corrected chi connectivity index (χ2v) is 6.79. The minimum Gasteiger partial charge on any atom is -0.493 e. The maximum absolute atomic E-state index is 12.2. The van der Waals surface area contributed by atoms with Crippen molar-refractivity contribution in [2.24, 2.45) is 0 Å². The number of nitriles is 2. The number of H-pyrrole nitrogens is 1. The average Bonchev–Trinajstić information content (AvgIpc) is 2.77. The Balaban J connectivity index is 1.88. The lowest BCUT2D eigenvalue weighted by molar-refractivity contribution is -0.118. The lowest BCUT2D eigenvalue weighted by Crippen LogP contribution is -2.20. The number of pyridine rings is 1. The van der Waals surface area contributed by atoms with Gasteiger partial charge in [-0.3, -0.25) is 9.59 Å². The monoisotopic (exact) mass is 429 g/mol. The molecule has 2 aromatic carbocycles. The number of aryl methyl sites for hydroxylation is 1. The number of carbonyl (C=O) groups is 1. The zero-order valence-electron chi connectivity index (χ0n) is 17.4. The van der Waals surface area contributed by atoms with Gasteiger partial charge in [-0.05, 0) is 42.3 Å². The number of aromatic nitrogens is 1. The van der Waals surface area contributed by atoms with Crippen LogP contribution < -0.4 is 26.1 Å². The summed E-state index contributed by atoms with van der Waals surface area (Å²) in [6, 6.07) is 15.7. The first-order valence-corrected chi connectivity index (χ1v) is 9.41. The van der Waals surface area contributed by atoms with Gasteiger partial charge in [0.1, 0.15) is 29.1 Å². The van der Waals surface area contributed by atoms with E-state index in [0.29, 0.717) is 11.3 Å². The minimum absolute atomic E-state index is 0.0330. The van der Waals surface area contributed by atoms with Gasteiger partial charge >= 0.3 is 0 Å². The van der Waals surface area contributed by atoms with Crippen LogP contribution in [-0.2, 0) is 4.79 Å². The van der Waals surface area contributed by atoms with E-state index in [0.717, 1.165) is 5.56 Å². The molecule has 32 heavy (non-hydrogen) atoms. The van der Waals surface area contributed by atoms with Gasteiger partial charge in [0.25, 0.3) is 11.5 Å². The molecule has 0 bridgehead atoms. The normalized spacial score (nSPS) is 10.0. The SMILES string of the molecule is COc1cc(-c2c(C#N)c(N)[nH]c(=O)c2C#N)ccc1OCC(=O)Nc1cccc(C)c1. The molecule has 4 N–H and O–H groups in total. The van der Waals surface area contributed by atoms with Gasteiger partial charge in [-0.15, -0.1) is 0 Å². The summed E-state index contributed by atoms with van der Waals surface area (Å²) in [5.74, 6) is 0.0178. The molecular weight excluding hydrogens is 410 g/mol. The summed E-state index contributed by atoms with van der Waals surface area (Å²) in [6.45, 7) is 1.65. The smallest absolute Gasteiger partial charge is 0.268 e. The Kier molecular flexibility index (Phi) is 6.42. The molecule has 1 heterocycles. The van der Waals surface area contributed by atoms with Gasteiger partial charge in [-0.2, -0.15) is 10.5 Å². The maximum Gasteiger partial charge on any atom is 0.268 e. The van der Waals surface area contributed by atoms with E-state index >= 15 is 0 Å². The number of nitrogen functional groups attached to an aromatic ring is 1. The number of carbonyl (C=O) groups excluding carboxylic acids is 1. The standard InChI is InChI=1S/C23H19N5O4/c1-13-4-3-5-15(8-13)27-20(29)12-32-18-7-6-14(9-19(18)31-2)21-16(10-24)22(26)28-23(30)17(21)11-25/h3-9H,12H2,1-2H3,(H,27,29)(H3,26,28,30). The lowest BCUT2D eigenvalue weighted by Gasteiger charge is -2.14. The highest BCUT2D eigenvalue weighted by Crippen LogP contribution is 2.35. The van der Waals surface area contributed by atoms with Gasteiger partial charge in [0.2, 0.25) is 0 Å². The number of aromatic amines is 1. The Morgan fingerprint density at radius 1 is 1.12 bits per heavy atom. The second-order valence-electron chi connectivity index (χ2n) is 6.79. The summed E-state index contributed by atoms with van der Waals surface area (Å²) in [5, 5.41) is 21.6. The number of benzene rings is 2. The highest BCUT2D eigenvalue weighted by molar-refractivity contribution is 5.92. The number of amides is 1. The van der Waals surface area contributed by atoms with Gasteiger partial charge in [0, 0.05) is 11.3 Å². The fourth-order valence-corrected chi connectivity index (χ4v) is 3.14. The van der Waals surface area contributed by atoms with Crippen LogP contribution in [0, 0.1) is 29.6 Å². The van der Waals surface area contributed by atoms with Crippen LogP contribution >= 0.6 is 0 Å². The topological polar surface area (TPSA) is 154 Å². The van der Waals surface area contributed by atoms with E-state index in [2.05, 4.69) is 10.3 Å². The summed E-state index contributed by atoms with van der Waals surface area (Å²) in [6.07, 6.45) is 0. The highest BCUT2D eigenvalue weighted by Gasteiger charge is 2.20. The van der Waals surface area contributed by atoms with Crippen LogP contribution in [0.25, 0.3) is 11.1 Å². The Hall–Kier alpha value is -4.76. The van der Waals surface area contributed by atoms with Gasteiger partial charge < -0.3 is 25.5 Å². The predicted octanol–water partition coefficient (Wildman–Crippen LogP) is 2.70. The zero-order valence-corrected chi connectivity index (χ0v) is 17.4. The molecule has 0 aliphatic heterocycles. The molecule has 0 aliphatic rings. The van der Waals surface area contributed by atoms with Crippen molar-refractivity contribution in [2.45, 2.75) is 6.92 Å². The lowest BCUT2D eigenvalue weighted by atomic mass is 9.96. The van der Waals surface area contributed by atoms with Crippen molar-refractivity contribution >= 4 is 17.4 Å². The first kappa shape index (κ1) is 21.9. The molecule has 0 saturated heterocycles. The molecule has 9 nitrogen and oxygen atoms in total. The first-order chi connectivity index (χ1) is 15.4. The summed E-state index contributed by atoms with van der Waals surface area (Å²) in [5.41, 5.74) is 6.90. The molecule has 0 spiro atoms. The summed E-state index contributed by atoms with van der Waals surface area (Å²) in [4.78, 5) is 26.7. The van der Waals surface area contributed by atoms with Crippen LogP contribution in [-0.4, -0.2) is 24.6 Å². The van der Waals surface area contributed by atoms with E-state index < -0.39 is 5.56 Å². The van der Waals surface area contributed by atoms with Gasteiger partial charge in [0.05, 0.1) is 7.11 Å². The van der Waals surface area contributed by atoms with Gasteiger partial charge in [-0.25, -0.2) is 0 Å². The van der Waals surface area contributed by atoms with E-state index in [-0.39, 0.29) is 46.5 Å². The van der Waals surface area contributed by atoms with Crippen molar-refractivity contribution in [3.05, 3.63) is 69.5 Å². The number of hydrogen-bond acceptors (Lipinski definition) is 7. The molecule has 1 aromatic heterocycles. The number of anilines is 2. The van der Waals surface area contributed by atoms with Gasteiger partial charge in [-0.1, -0.05) is 18.2 Å². The van der Waals surface area contributed by atoms with Crippen molar-refractivity contribution in [1.29, 1.82) is 10.5 Å². The number of hydrogen-bond donors (Lipinski definition) is 3. The summed E-state index contributed by atoms with van der Waals surface area (Å²) in [7, 11) is 1.40. The largest absolute Gasteiger partial charge is 0.493 e. The number of nitrogens with one attached hydrogen (secondary N) is 2. The van der Waals surface area contributed by atoms with Gasteiger partial charge in [0.15, 0.2) is 18.1 Å². The number of ether oxygens (including phenoxy) is 2. The van der Waals surface area contributed by atoms with E-state index in [4.69, 9.17) is 15.2 Å². The number of rotatable bonds is 6. The van der Waals surface area contributed by atoms with E-state index in [1.807, 2.05) is 37.3 Å². The average molecular weight is 429 g/mol. The van der Waals surface area contributed by atoms with E-state index in [1.165, 1.54) is 19.2 Å². The number of methoxy groups -OCH3 is 1. The molecule has 3 aromatic rings. The van der Waals surface area contributed by atoms with Crippen molar-refractivity contribution in [1.82, 2.24) is 4.98 Å². The predicted molar refractivity (Wildman–Crippen MR) is 118 cm³/mol. The molecular formula is C23H19N5O4. The van der Waals surface area contributed by atoms with Crippen LogP contribution in [0.3, 0.4) is 0 Å². The minimum atomic E-state index is -0.703. The van der Waals surface area contributed by atoms with E-state index in [1.54, 1.807) is 12.1 Å². The molecule has 0 unspecified atom stereocenters. The van der Waals surface area contributed by atoms with Crippen LogP contribution in [0.1, 0.15) is 16.7 Å². The highest BCUT2D eigenvalue weighted by atomic mass is 16.5. The molecule has 0 fully saturated rings. The molecule has 0 atom stereocenters. The third kappa shape index (κ3) is 4.53. The van der Waals surface area contributed by atoms with E-state index in [9.17, 15) is 20.1 Å². The fourth-order valence-electron chi connectivity index (χ4n) is 3.14. The second kappa shape index (κ2) is 9.37. The zero-order chi connectivity index (χ0) is 23.3. The quantitative estimate of drug-likeness (QED) is 0.544. The Morgan fingerprint density at radius 2 is 1.88 bits per heavy atom. The third-order valence-electron chi connectivity index (χ3n) is 4.58. The van der Waals surface area contributed by atoms with Crippen LogP contribution in [0.5, 0.6) is 11.5 Å². The first-order valence-electron chi connectivity index (χ1n) is 9.41. The van der Waals surface area contributed by atoms with Crippen molar-refractivity contribution in [3.8, 4) is 34.8 Å². The number of nitrogens with zero attached hydrogens (tertiary/aromatic N) is 2. The summed E-state index contributed by atoms with van der Waals surface area (Å²) < 4.78 is 10.9. The molecule has 9 heteroatoms. The van der Waals surface area contributed by atoms with Crippen LogP contribution in [0.2, 0.25) is 0 Å². The molecule has 0 aliphatic carbocycles. The number of nitrogens with two attached hydrogens (primary N) is 1. The Morgan fingerprint density at radius 3 is 2.53 bits per heavy atom. The molecule has 0 saturated carbocycles. The molecule has 1 amide bonds. The Bertz CT molecular complexity index is 1330. The third-order valence-corrected chi connectivity index (χ3v) is 4.58. The summed E-state index contributed by atoms with van der Waals surface area (Å²) >= 11 is 0. The molecule has 0 radical (unpaired) electrons.